The molecule has 2 nitrogen and oxygen atoms in total. The molecule has 0 aliphatic carbocycles. The highest BCUT2D eigenvalue weighted by Crippen LogP contribution is 2.23. The van der Waals surface area contributed by atoms with E-state index in [1.54, 1.807) is 18.4 Å². The van der Waals surface area contributed by atoms with Crippen molar-refractivity contribution >= 4 is 21.6 Å². The number of ether oxygens (including phenoxy) is 1. The number of hydrogen-bond acceptors (Lipinski definition) is 3. The number of benzene rings is 1. The summed E-state index contributed by atoms with van der Waals surface area (Å²) >= 11 is 1.76. The fourth-order valence-electron chi connectivity index (χ4n) is 1.38. The zero-order chi connectivity index (χ0) is 14.0. The normalized spacial score (nSPS) is 9.22. The van der Waals surface area contributed by atoms with Crippen LogP contribution >= 0.6 is 11.3 Å². The number of aromatic nitrogens is 1. The molecule has 0 aliphatic heterocycles. The molecule has 0 saturated heterocycles. The lowest BCUT2D eigenvalue weighted by Gasteiger charge is -1.91. The predicted octanol–water partition coefficient (Wildman–Crippen LogP) is 4.85. The van der Waals surface area contributed by atoms with E-state index >= 15 is 0 Å². The minimum Gasteiger partial charge on any atom is -0.384 e. The summed E-state index contributed by atoms with van der Waals surface area (Å²) in [6.45, 7) is 10.9. The van der Waals surface area contributed by atoms with Crippen molar-refractivity contribution in [2.75, 3.05) is 13.7 Å². The van der Waals surface area contributed by atoms with Crippen LogP contribution in [0.3, 0.4) is 0 Å². The second-order valence-corrected chi connectivity index (χ2v) is 4.44. The van der Waals surface area contributed by atoms with Crippen molar-refractivity contribution in [3.8, 4) is 0 Å². The van der Waals surface area contributed by atoms with E-state index < -0.39 is 0 Å². The Morgan fingerprint density at radius 3 is 2.44 bits per heavy atom. The van der Waals surface area contributed by atoms with Gasteiger partial charge in [-0.25, -0.2) is 4.98 Å². The molecule has 0 N–H and O–H groups in total. The van der Waals surface area contributed by atoms with Crippen LogP contribution in [-0.2, 0) is 11.2 Å². The van der Waals surface area contributed by atoms with Gasteiger partial charge in [0.1, 0.15) is 0 Å². The highest BCUT2D eigenvalue weighted by Gasteiger charge is 2.02. The molecule has 1 aromatic carbocycles. The van der Waals surface area contributed by atoms with Crippen molar-refractivity contribution in [2.24, 2.45) is 0 Å². The van der Waals surface area contributed by atoms with Gasteiger partial charge in [0, 0.05) is 13.5 Å². The molecular formula is C15H25NOS. The van der Waals surface area contributed by atoms with E-state index in [1.165, 1.54) is 10.3 Å². The van der Waals surface area contributed by atoms with Crippen molar-refractivity contribution in [1.82, 2.24) is 4.98 Å². The smallest absolute Gasteiger partial charge is 0.0961 e. The van der Waals surface area contributed by atoms with Crippen molar-refractivity contribution in [3.05, 3.63) is 28.8 Å². The fraction of sp³-hybridized carbons (Fsp3) is 0.533. The van der Waals surface area contributed by atoms with Crippen LogP contribution in [0.5, 0.6) is 0 Å². The molecule has 0 bridgehead atoms. The minimum absolute atomic E-state index is 0.749. The Bertz CT molecular complexity index is 437. The van der Waals surface area contributed by atoms with Gasteiger partial charge in [-0.3, -0.25) is 0 Å². The van der Waals surface area contributed by atoms with Crippen molar-refractivity contribution in [2.45, 2.75) is 41.0 Å². The maximum Gasteiger partial charge on any atom is 0.0961 e. The highest BCUT2D eigenvalue weighted by atomic mass is 32.1. The topological polar surface area (TPSA) is 22.1 Å². The maximum absolute atomic E-state index is 5.03. The van der Waals surface area contributed by atoms with Gasteiger partial charge >= 0.3 is 0 Å². The number of hydrogen-bond donors (Lipinski definition) is 0. The molecule has 3 heteroatoms. The molecule has 0 radical (unpaired) electrons. The summed E-state index contributed by atoms with van der Waals surface area (Å²) in [6, 6.07) is 6.36. The molecule has 1 heterocycles. The second kappa shape index (κ2) is 10.0. The molecule has 0 unspecified atom stereocenters. The Morgan fingerprint density at radius 1 is 1.17 bits per heavy atom. The lowest BCUT2D eigenvalue weighted by Crippen LogP contribution is -1.92. The molecule has 0 atom stereocenters. The van der Waals surface area contributed by atoms with Gasteiger partial charge in [0.2, 0.25) is 0 Å². The molecule has 102 valence electrons. The first-order valence-corrected chi connectivity index (χ1v) is 7.46. The Hall–Kier alpha value is -0.930. The third-order valence-electron chi connectivity index (χ3n) is 2.11. The summed E-state index contributed by atoms with van der Waals surface area (Å²) in [5, 5.41) is 1.16. The lowest BCUT2D eigenvalue weighted by molar-refractivity contribution is 0.202. The van der Waals surface area contributed by atoms with Crippen LogP contribution in [0.2, 0.25) is 0 Å². The number of rotatable bonds is 3. The highest BCUT2D eigenvalue weighted by molar-refractivity contribution is 7.18. The zero-order valence-electron chi connectivity index (χ0n) is 12.4. The van der Waals surface area contributed by atoms with Gasteiger partial charge in [-0.05, 0) is 24.6 Å². The standard InChI is InChI=1S/C11H13NOS.2C2H6/c1-8-3-4-9-10(7-8)14-11(12-9)5-6-13-2;2*1-2/h3-4,7H,5-6H2,1-2H3;2*1-2H3. The Morgan fingerprint density at radius 2 is 1.83 bits per heavy atom. The van der Waals surface area contributed by atoms with Crippen molar-refractivity contribution < 1.29 is 4.74 Å². The third kappa shape index (κ3) is 5.15. The summed E-state index contributed by atoms with van der Waals surface area (Å²) in [4.78, 5) is 4.53. The summed E-state index contributed by atoms with van der Waals surface area (Å²) in [6.07, 6.45) is 0.912. The molecule has 0 aliphatic rings. The van der Waals surface area contributed by atoms with E-state index in [0.717, 1.165) is 23.6 Å². The number of fused-ring (bicyclic) bond motifs is 1. The van der Waals surface area contributed by atoms with Crippen LogP contribution in [0.25, 0.3) is 10.2 Å². The van der Waals surface area contributed by atoms with Gasteiger partial charge in [0.25, 0.3) is 0 Å². The average Bonchev–Trinajstić information content (AvgIpc) is 2.83. The molecule has 0 spiro atoms. The summed E-state index contributed by atoms with van der Waals surface area (Å²) in [5.74, 6) is 0. The monoisotopic (exact) mass is 267 g/mol. The van der Waals surface area contributed by atoms with Crippen molar-refractivity contribution in [1.29, 1.82) is 0 Å². The maximum atomic E-state index is 5.03. The Balaban J connectivity index is 0.000000659. The van der Waals surface area contributed by atoms with Gasteiger partial charge in [0.15, 0.2) is 0 Å². The first-order valence-electron chi connectivity index (χ1n) is 6.64. The van der Waals surface area contributed by atoms with Crippen LogP contribution in [0, 0.1) is 6.92 Å². The molecule has 18 heavy (non-hydrogen) atoms. The van der Waals surface area contributed by atoms with Gasteiger partial charge in [-0.15, -0.1) is 11.3 Å². The van der Waals surface area contributed by atoms with Crippen molar-refractivity contribution in [3.63, 3.8) is 0 Å². The van der Waals surface area contributed by atoms with E-state index in [0.29, 0.717) is 0 Å². The summed E-state index contributed by atoms with van der Waals surface area (Å²) in [7, 11) is 1.72. The van der Waals surface area contributed by atoms with Gasteiger partial charge in [-0.1, -0.05) is 33.8 Å². The van der Waals surface area contributed by atoms with E-state index in [4.69, 9.17) is 4.74 Å². The lowest BCUT2D eigenvalue weighted by atomic mass is 10.2. The van der Waals surface area contributed by atoms with Gasteiger partial charge in [-0.2, -0.15) is 0 Å². The van der Waals surface area contributed by atoms with Crippen LogP contribution < -0.4 is 0 Å². The molecule has 1 aromatic heterocycles. The zero-order valence-corrected chi connectivity index (χ0v) is 13.2. The Kier molecular flexibility index (Phi) is 9.52. The predicted molar refractivity (Wildman–Crippen MR) is 82.6 cm³/mol. The number of nitrogens with zero attached hydrogens (tertiary/aromatic N) is 1. The van der Waals surface area contributed by atoms with E-state index in [9.17, 15) is 0 Å². The average molecular weight is 267 g/mol. The van der Waals surface area contributed by atoms with Gasteiger partial charge in [0.05, 0.1) is 21.8 Å². The third-order valence-corrected chi connectivity index (χ3v) is 3.19. The van der Waals surface area contributed by atoms with Crippen LogP contribution in [0.4, 0.5) is 0 Å². The quantitative estimate of drug-likeness (QED) is 0.793. The first kappa shape index (κ1) is 17.1. The molecule has 0 amide bonds. The van der Waals surface area contributed by atoms with Crippen LogP contribution in [0.1, 0.15) is 38.3 Å². The van der Waals surface area contributed by atoms with E-state index in [-0.39, 0.29) is 0 Å². The minimum atomic E-state index is 0.749. The molecule has 2 aromatic rings. The van der Waals surface area contributed by atoms with Gasteiger partial charge < -0.3 is 4.74 Å². The second-order valence-electron chi connectivity index (χ2n) is 3.32. The first-order chi connectivity index (χ1) is 8.79. The molecule has 0 saturated carbocycles. The Labute approximate surface area is 115 Å². The van der Waals surface area contributed by atoms with E-state index in [1.807, 2.05) is 27.7 Å². The SMILES string of the molecule is CC.CC.COCCc1nc2ccc(C)cc2s1. The fourth-order valence-corrected chi connectivity index (χ4v) is 2.42. The summed E-state index contributed by atoms with van der Waals surface area (Å²) < 4.78 is 6.31. The van der Waals surface area contributed by atoms with Crippen LogP contribution in [0.15, 0.2) is 18.2 Å². The molecular weight excluding hydrogens is 242 g/mol. The number of aryl methyl sites for hydroxylation is 1. The number of thiazole rings is 1. The summed E-state index contributed by atoms with van der Waals surface area (Å²) in [5.41, 5.74) is 2.39. The number of methoxy groups -OCH3 is 1. The van der Waals surface area contributed by atoms with Crippen LogP contribution in [-0.4, -0.2) is 18.7 Å². The van der Waals surface area contributed by atoms with E-state index in [2.05, 4.69) is 30.1 Å². The largest absolute Gasteiger partial charge is 0.384 e. The molecule has 2 rings (SSSR count). The molecule has 0 fully saturated rings.